The van der Waals surface area contributed by atoms with E-state index >= 15 is 0 Å². The third-order valence-electron chi connectivity index (χ3n) is 6.93. The highest BCUT2D eigenvalue weighted by Crippen LogP contribution is 2.42. The van der Waals surface area contributed by atoms with Gasteiger partial charge < -0.3 is 13.9 Å². The molecule has 0 aliphatic heterocycles. The molecule has 0 saturated heterocycles. The van der Waals surface area contributed by atoms with E-state index in [1.165, 1.54) is 20.3 Å². The quantitative estimate of drug-likeness (QED) is 0.204. The van der Waals surface area contributed by atoms with Crippen molar-refractivity contribution < 1.29 is 23.5 Å². The van der Waals surface area contributed by atoms with E-state index in [1.807, 2.05) is 0 Å². The number of hydrogen-bond acceptors (Lipinski definition) is 5. The van der Waals surface area contributed by atoms with E-state index in [4.69, 9.17) is 13.9 Å². The van der Waals surface area contributed by atoms with Crippen LogP contribution in [0.4, 0.5) is 0 Å². The zero-order valence-electron chi connectivity index (χ0n) is 22.3. The Morgan fingerprint density at radius 1 is 0.941 bits per heavy atom. The van der Waals surface area contributed by atoms with Crippen LogP contribution < -0.4 is 4.74 Å². The lowest BCUT2D eigenvalue weighted by molar-refractivity contribution is 0.0915. The van der Waals surface area contributed by atoms with Gasteiger partial charge in [-0.05, 0) is 48.9 Å². The second-order valence-corrected chi connectivity index (χ2v) is 15.2. The number of benzene rings is 1. The third kappa shape index (κ3) is 5.31. The first-order chi connectivity index (χ1) is 16.1. The summed E-state index contributed by atoms with van der Waals surface area (Å²) in [6.07, 6.45) is 3.70. The van der Waals surface area contributed by atoms with Gasteiger partial charge in [-0.1, -0.05) is 47.5 Å². The van der Waals surface area contributed by atoms with Crippen LogP contribution in [0, 0.1) is 11.8 Å². The number of carbonyl (C=O) groups excluding carboxylic acids is 2. The van der Waals surface area contributed by atoms with Crippen molar-refractivity contribution in [3.8, 4) is 17.6 Å². The highest BCUT2D eigenvalue weighted by atomic mass is 28.4. The highest BCUT2D eigenvalue weighted by molar-refractivity contribution is 6.77. The number of fused-ring (bicyclic) bond motifs is 1. The summed E-state index contributed by atoms with van der Waals surface area (Å²) in [6.45, 7) is 16.2. The minimum atomic E-state index is -1.89. The number of rotatable bonds is 11. The molecule has 0 radical (unpaired) electrons. The average Bonchev–Trinajstić information content (AvgIpc) is 2.77. The first-order valence-electron chi connectivity index (χ1n) is 12.2. The third-order valence-corrected chi connectivity index (χ3v) is 13.0. The van der Waals surface area contributed by atoms with Gasteiger partial charge in [-0.15, -0.1) is 5.92 Å². The molecule has 0 fully saturated rings. The topological polar surface area (TPSA) is 61.8 Å². The maximum absolute atomic E-state index is 12.8. The van der Waals surface area contributed by atoms with Crippen LogP contribution in [0.2, 0.25) is 16.6 Å². The van der Waals surface area contributed by atoms with Crippen LogP contribution in [0.5, 0.6) is 5.75 Å². The van der Waals surface area contributed by atoms with Gasteiger partial charge in [0.2, 0.25) is 5.78 Å². The van der Waals surface area contributed by atoms with Gasteiger partial charge in [0.25, 0.3) is 0 Å². The molecule has 0 amide bonds. The fourth-order valence-electron chi connectivity index (χ4n) is 5.54. The molecule has 0 N–H and O–H groups in total. The molecule has 0 spiro atoms. The predicted molar refractivity (Wildman–Crippen MR) is 139 cm³/mol. The minimum Gasteiger partial charge on any atom is -0.496 e. The Morgan fingerprint density at radius 2 is 1.56 bits per heavy atom. The lowest BCUT2D eigenvalue weighted by Gasteiger charge is -2.42. The lowest BCUT2D eigenvalue weighted by atomic mass is 9.86. The summed E-state index contributed by atoms with van der Waals surface area (Å²) in [6, 6.07) is 1.71. The predicted octanol–water partition coefficient (Wildman–Crippen LogP) is 6.49. The molecule has 5 nitrogen and oxygen atoms in total. The van der Waals surface area contributed by atoms with Gasteiger partial charge in [0, 0.05) is 29.4 Å². The molecule has 34 heavy (non-hydrogen) atoms. The molecule has 2 rings (SSSR count). The van der Waals surface area contributed by atoms with Gasteiger partial charge in [0.15, 0.2) is 19.9 Å². The summed E-state index contributed by atoms with van der Waals surface area (Å²) < 4.78 is 17.5. The monoisotopic (exact) mass is 484 g/mol. The number of Topliss-reactive ketones (excluding diaryl/α,β-unsaturated/α-hetero) is 1. The molecule has 0 saturated carbocycles. The Morgan fingerprint density at radius 3 is 2.06 bits per heavy atom. The molecular weight excluding hydrogens is 444 g/mol. The minimum absolute atomic E-state index is 0.0352. The summed E-state index contributed by atoms with van der Waals surface area (Å²) in [7, 11) is 1.03. The van der Waals surface area contributed by atoms with Crippen LogP contribution in [0.1, 0.15) is 93.2 Å². The van der Waals surface area contributed by atoms with Crippen molar-refractivity contribution in [1.29, 1.82) is 0 Å². The summed E-state index contributed by atoms with van der Waals surface area (Å²) >= 11 is 0. The second kappa shape index (κ2) is 11.9. The zero-order chi connectivity index (χ0) is 25.6. The SMILES string of the molecule is CC#Cc1cc2c(c(OC)c1CCCCO[Si](C(C)C)(C(C)C)C(C)C)C(=O)C=C(OC)C2=O. The van der Waals surface area contributed by atoms with E-state index in [2.05, 4.69) is 53.4 Å². The van der Waals surface area contributed by atoms with Crippen LogP contribution in [0.25, 0.3) is 0 Å². The van der Waals surface area contributed by atoms with Crippen molar-refractivity contribution in [3.05, 3.63) is 40.2 Å². The first-order valence-corrected chi connectivity index (χ1v) is 14.4. The molecular formula is C28H40O5Si. The average molecular weight is 485 g/mol. The normalized spacial score (nSPS) is 13.7. The van der Waals surface area contributed by atoms with Gasteiger partial charge in [-0.25, -0.2) is 0 Å². The van der Waals surface area contributed by atoms with E-state index in [1.54, 1.807) is 13.0 Å². The summed E-state index contributed by atoms with van der Waals surface area (Å²) in [4.78, 5) is 25.7. The standard InChI is InChI=1S/C28H40O5Si/c1-10-13-21-16-23-26(24(29)17-25(31-8)27(23)30)28(32-9)22(21)14-11-12-15-33-34(18(2)3,19(4)5)20(6)7/h16-20H,11-12,14-15H2,1-9H3. The van der Waals surface area contributed by atoms with Crippen LogP contribution in [0.3, 0.4) is 0 Å². The van der Waals surface area contributed by atoms with E-state index in [0.717, 1.165) is 25.0 Å². The number of allylic oxidation sites excluding steroid dienone is 2. The van der Waals surface area contributed by atoms with Gasteiger partial charge >= 0.3 is 0 Å². The van der Waals surface area contributed by atoms with Crippen LogP contribution in [0.15, 0.2) is 17.9 Å². The summed E-state index contributed by atoms with van der Waals surface area (Å²) in [5.74, 6) is 5.89. The van der Waals surface area contributed by atoms with Crippen molar-refractivity contribution in [1.82, 2.24) is 0 Å². The molecule has 186 valence electrons. The Labute approximate surface area is 206 Å². The van der Waals surface area contributed by atoms with Crippen molar-refractivity contribution in [2.24, 2.45) is 0 Å². The molecule has 1 aliphatic rings. The van der Waals surface area contributed by atoms with Gasteiger partial charge in [-0.2, -0.15) is 0 Å². The Bertz CT molecular complexity index is 986. The van der Waals surface area contributed by atoms with E-state index < -0.39 is 8.32 Å². The molecule has 0 heterocycles. The fourth-order valence-corrected chi connectivity index (χ4v) is 11.0. The van der Waals surface area contributed by atoms with Gasteiger partial charge in [0.1, 0.15) is 5.75 Å². The fraction of sp³-hybridized carbons (Fsp3) is 0.571. The molecule has 0 aromatic heterocycles. The van der Waals surface area contributed by atoms with Crippen molar-refractivity contribution >= 4 is 19.9 Å². The Hall–Kier alpha value is -2.36. The smallest absolute Gasteiger partial charge is 0.228 e. The molecule has 6 heteroatoms. The second-order valence-electron chi connectivity index (χ2n) is 9.76. The van der Waals surface area contributed by atoms with E-state index in [0.29, 0.717) is 39.9 Å². The van der Waals surface area contributed by atoms with Crippen LogP contribution in [-0.2, 0) is 15.6 Å². The Balaban J connectivity index is 2.29. The molecule has 0 bridgehead atoms. The molecule has 1 aromatic carbocycles. The number of ketones is 2. The number of carbonyl (C=O) groups is 2. The largest absolute Gasteiger partial charge is 0.496 e. The first kappa shape index (κ1) is 27.9. The molecule has 0 atom stereocenters. The van der Waals surface area contributed by atoms with Gasteiger partial charge in [0.05, 0.1) is 19.8 Å². The number of unbranched alkanes of at least 4 members (excludes halogenated alkanes) is 1. The summed E-state index contributed by atoms with van der Waals surface area (Å²) in [5, 5.41) is 0. The maximum Gasteiger partial charge on any atom is 0.228 e. The molecule has 0 unspecified atom stereocenters. The van der Waals surface area contributed by atoms with Gasteiger partial charge in [-0.3, -0.25) is 9.59 Å². The van der Waals surface area contributed by atoms with Crippen molar-refractivity contribution in [2.45, 2.75) is 84.4 Å². The zero-order valence-corrected chi connectivity index (χ0v) is 23.3. The van der Waals surface area contributed by atoms with Crippen molar-refractivity contribution in [3.63, 3.8) is 0 Å². The number of methoxy groups -OCH3 is 2. The van der Waals surface area contributed by atoms with E-state index in [9.17, 15) is 9.59 Å². The van der Waals surface area contributed by atoms with Crippen LogP contribution >= 0.6 is 0 Å². The maximum atomic E-state index is 12.8. The van der Waals surface area contributed by atoms with E-state index in [-0.39, 0.29) is 22.9 Å². The Kier molecular flexibility index (Phi) is 9.72. The number of hydrogen-bond donors (Lipinski definition) is 0. The highest BCUT2D eigenvalue weighted by Gasteiger charge is 2.44. The number of ether oxygens (including phenoxy) is 2. The lowest BCUT2D eigenvalue weighted by Crippen LogP contribution is -2.47. The summed E-state index contributed by atoms with van der Waals surface area (Å²) in [5.41, 5.74) is 3.81. The van der Waals surface area contributed by atoms with Crippen LogP contribution in [-0.4, -0.2) is 40.7 Å². The van der Waals surface area contributed by atoms with Crippen molar-refractivity contribution in [2.75, 3.05) is 20.8 Å². The molecule has 1 aromatic rings. The molecule has 1 aliphatic carbocycles.